The summed E-state index contributed by atoms with van der Waals surface area (Å²) < 4.78 is 0. The fraction of sp³-hybridized carbons (Fsp3) is 0.360. The van der Waals surface area contributed by atoms with Crippen molar-refractivity contribution in [2.75, 3.05) is 30.9 Å². The molecule has 1 fully saturated rings. The predicted octanol–water partition coefficient (Wildman–Crippen LogP) is 6.01. The van der Waals surface area contributed by atoms with E-state index in [4.69, 9.17) is 28.2 Å². The number of nitrogens with zero attached hydrogens (tertiary/aromatic N) is 2. The van der Waals surface area contributed by atoms with Crippen LogP contribution in [-0.2, 0) is 0 Å². The van der Waals surface area contributed by atoms with Gasteiger partial charge in [-0.15, -0.1) is 0 Å². The van der Waals surface area contributed by atoms with Crippen LogP contribution in [0.3, 0.4) is 0 Å². The zero-order chi connectivity index (χ0) is 22.7. The third kappa shape index (κ3) is 5.45. The number of amides is 1. The standard InChI is InChI=1S/C25H28Cl2N4O/c1-31(2)23-14-24(30-22-6-4-3-5-21(22)23)29-20-9-7-16(8-10-20)15-28-25(32)17-11-18(26)13-19(27)12-17/h3-6,11-14,16,20H,7-10,15H2,1-2H3,(H,28,32)(H,29,30)/t16-,20+. The van der Waals surface area contributed by atoms with Gasteiger partial charge < -0.3 is 15.5 Å². The first kappa shape index (κ1) is 22.7. The number of aromatic nitrogens is 1. The van der Waals surface area contributed by atoms with E-state index in [0.29, 0.717) is 34.1 Å². The molecule has 168 valence electrons. The maximum absolute atomic E-state index is 12.4. The van der Waals surface area contributed by atoms with Crippen LogP contribution in [0.2, 0.25) is 10.0 Å². The predicted molar refractivity (Wildman–Crippen MR) is 134 cm³/mol. The summed E-state index contributed by atoms with van der Waals surface area (Å²) in [7, 11) is 4.12. The molecule has 3 aromatic rings. The van der Waals surface area contributed by atoms with Crippen molar-refractivity contribution in [1.29, 1.82) is 0 Å². The Morgan fingerprint density at radius 2 is 1.72 bits per heavy atom. The summed E-state index contributed by atoms with van der Waals surface area (Å²) in [6.45, 7) is 0.661. The Kier molecular flexibility index (Phi) is 7.07. The van der Waals surface area contributed by atoms with Gasteiger partial charge in [-0.3, -0.25) is 4.79 Å². The first-order chi connectivity index (χ1) is 15.4. The monoisotopic (exact) mass is 470 g/mol. The van der Waals surface area contributed by atoms with Crippen molar-refractivity contribution in [1.82, 2.24) is 10.3 Å². The third-order valence-electron chi connectivity index (χ3n) is 6.05. The summed E-state index contributed by atoms with van der Waals surface area (Å²) in [6, 6.07) is 15.7. The summed E-state index contributed by atoms with van der Waals surface area (Å²) in [5.74, 6) is 1.25. The van der Waals surface area contributed by atoms with Crippen LogP contribution in [0, 0.1) is 5.92 Å². The second-order valence-electron chi connectivity index (χ2n) is 8.67. The molecule has 1 amide bonds. The summed E-state index contributed by atoms with van der Waals surface area (Å²) in [5.41, 5.74) is 2.66. The number of hydrogen-bond donors (Lipinski definition) is 2. The number of para-hydroxylation sites is 1. The SMILES string of the molecule is CN(C)c1cc(N[C@H]2CC[C@@H](CNC(=O)c3cc(Cl)cc(Cl)c3)CC2)nc2ccccc12. The van der Waals surface area contributed by atoms with Crippen molar-refractivity contribution >= 4 is 51.5 Å². The van der Waals surface area contributed by atoms with Crippen LogP contribution >= 0.6 is 23.2 Å². The number of benzene rings is 2. The number of halogens is 2. The van der Waals surface area contributed by atoms with Crippen molar-refractivity contribution in [2.45, 2.75) is 31.7 Å². The topological polar surface area (TPSA) is 57.3 Å². The highest BCUT2D eigenvalue weighted by Crippen LogP contribution is 2.30. The van der Waals surface area contributed by atoms with Crippen molar-refractivity contribution in [3.63, 3.8) is 0 Å². The zero-order valence-electron chi connectivity index (χ0n) is 18.4. The molecule has 0 bridgehead atoms. The molecule has 0 radical (unpaired) electrons. The van der Waals surface area contributed by atoms with Crippen molar-refractivity contribution in [2.24, 2.45) is 5.92 Å². The van der Waals surface area contributed by atoms with Gasteiger partial charge in [0.05, 0.1) is 5.52 Å². The molecule has 32 heavy (non-hydrogen) atoms. The lowest BCUT2D eigenvalue weighted by Gasteiger charge is -2.30. The third-order valence-corrected chi connectivity index (χ3v) is 6.49. The molecule has 1 aliphatic rings. The average Bonchev–Trinajstić information content (AvgIpc) is 2.77. The number of pyridine rings is 1. The molecule has 0 unspecified atom stereocenters. The van der Waals surface area contributed by atoms with E-state index in [1.165, 1.54) is 0 Å². The van der Waals surface area contributed by atoms with Gasteiger partial charge in [0.1, 0.15) is 5.82 Å². The molecule has 2 N–H and O–H groups in total. The van der Waals surface area contributed by atoms with Gasteiger partial charge in [0.25, 0.3) is 5.91 Å². The van der Waals surface area contributed by atoms with Crippen molar-refractivity contribution in [3.8, 4) is 0 Å². The van der Waals surface area contributed by atoms with E-state index in [1.807, 2.05) is 12.1 Å². The Bertz CT molecular complexity index is 1090. The molecule has 5 nitrogen and oxygen atoms in total. The molecule has 1 heterocycles. The zero-order valence-corrected chi connectivity index (χ0v) is 19.9. The molecule has 1 saturated carbocycles. The van der Waals surface area contributed by atoms with Gasteiger partial charge in [0.15, 0.2) is 0 Å². The largest absolute Gasteiger partial charge is 0.377 e. The van der Waals surface area contributed by atoms with Gasteiger partial charge >= 0.3 is 0 Å². The van der Waals surface area contributed by atoms with E-state index >= 15 is 0 Å². The highest BCUT2D eigenvalue weighted by molar-refractivity contribution is 6.35. The Morgan fingerprint density at radius 1 is 1.03 bits per heavy atom. The van der Waals surface area contributed by atoms with E-state index in [2.05, 4.69) is 47.8 Å². The fourth-order valence-corrected chi connectivity index (χ4v) is 4.87. The number of anilines is 2. The summed E-state index contributed by atoms with van der Waals surface area (Å²) in [5, 5.41) is 8.76. The minimum Gasteiger partial charge on any atom is -0.377 e. The molecule has 4 rings (SSSR count). The Balaban J connectivity index is 1.32. The van der Waals surface area contributed by atoms with Crippen molar-refractivity contribution in [3.05, 3.63) is 64.1 Å². The van der Waals surface area contributed by atoms with Crippen LogP contribution in [0.4, 0.5) is 11.5 Å². The van der Waals surface area contributed by atoms with E-state index in [0.717, 1.165) is 48.1 Å². The molecule has 1 aliphatic carbocycles. The van der Waals surface area contributed by atoms with Gasteiger partial charge in [-0.05, 0) is 55.9 Å². The van der Waals surface area contributed by atoms with Crippen LogP contribution < -0.4 is 15.5 Å². The molecular formula is C25H28Cl2N4O. The highest BCUT2D eigenvalue weighted by Gasteiger charge is 2.22. The summed E-state index contributed by atoms with van der Waals surface area (Å²) >= 11 is 12.0. The lowest BCUT2D eigenvalue weighted by atomic mass is 9.86. The van der Waals surface area contributed by atoms with Gasteiger partial charge in [-0.25, -0.2) is 4.98 Å². The lowest BCUT2D eigenvalue weighted by Crippen LogP contribution is -2.34. The first-order valence-electron chi connectivity index (χ1n) is 11.0. The van der Waals surface area contributed by atoms with E-state index in [-0.39, 0.29) is 5.91 Å². The molecule has 1 aromatic heterocycles. The molecule has 7 heteroatoms. The van der Waals surface area contributed by atoms with Gasteiger partial charge in [0.2, 0.25) is 0 Å². The second kappa shape index (κ2) is 9.97. The molecule has 0 aliphatic heterocycles. The number of fused-ring (bicyclic) bond motifs is 1. The summed E-state index contributed by atoms with van der Waals surface area (Å²) in [6.07, 6.45) is 4.22. The molecule has 0 atom stereocenters. The minimum atomic E-state index is -0.133. The maximum Gasteiger partial charge on any atom is 0.251 e. The fourth-order valence-electron chi connectivity index (χ4n) is 4.35. The molecular weight excluding hydrogens is 443 g/mol. The molecule has 2 aromatic carbocycles. The molecule has 0 spiro atoms. The number of nitrogens with one attached hydrogen (secondary N) is 2. The summed E-state index contributed by atoms with van der Waals surface area (Å²) in [4.78, 5) is 19.4. The van der Waals surface area contributed by atoms with E-state index in [1.54, 1.807) is 18.2 Å². The highest BCUT2D eigenvalue weighted by atomic mass is 35.5. The van der Waals surface area contributed by atoms with Crippen LogP contribution in [0.15, 0.2) is 48.5 Å². The quantitative estimate of drug-likeness (QED) is 0.463. The average molecular weight is 471 g/mol. The van der Waals surface area contributed by atoms with E-state index in [9.17, 15) is 4.79 Å². The Hall–Kier alpha value is -2.50. The van der Waals surface area contributed by atoms with Crippen LogP contribution in [0.5, 0.6) is 0 Å². The van der Waals surface area contributed by atoms with Crippen LogP contribution in [0.1, 0.15) is 36.0 Å². The number of rotatable bonds is 6. The first-order valence-corrected chi connectivity index (χ1v) is 11.7. The second-order valence-corrected chi connectivity index (χ2v) is 9.54. The maximum atomic E-state index is 12.4. The minimum absolute atomic E-state index is 0.133. The van der Waals surface area contributed by atoms with Gasteiger partial charge in [-0.1, -0.05) is 41.4 Å². The number of carbonyl (C=O) groups excluding carboxylic acids is 1. The Labute approximate surface area is 199 Å². The van der Waals surface area contributed by atoms with Gasteiger partial charge in [0, 0.05) is 59.4 Å². The smallest absolute Gasteiger partial charge is 0.251 e. The number of hydrogen-bond acceptors (Lipinski definition) is 4. The normalized spacial score (nSPS) is 18.4. The van der Waals surface area contributed by atoms with Crippen LogP contribution in [0.25, 0.3) is 10.9 Å². The number of carbonyl (C=O) groups is 1. The Morgan fingerprint density at radius 3 is 2.41 bits per heavy atom. The van der Waals surface area contributed by atoms with Crippen molar-refractivity contribution < 1.29 is 4.79 Å². The van der Waals surface area contributed by atoms with Crippen LogP contribution in [-0.4, -0.2) is 37.6 Å². The van der Waals surface area contributed by atoms with E-state index < -0.39 is 0 Å². The molecule has 0 saturated heterocycles. The van der Waals surface area contributed by atoms with Gasteiger partial charge in [-0.2, -0.15) is 0 Å². The lowest BCUT2D eigenvalue weighted by molar-refractivity contribution is 0.0943.